The molecule has 4 rings (SSSR count). The number of halogens is 1. The van der Waals surface area contributed by atoms with Crippen molar-refractivity contribution in [3.05, 3.63) is 58.3 Å². The molecule has 0 amide bonds. The summed E-state index contributed by atoms with van der Waals surface area (Å²) in [5, 5.41) is 9.62. The van der Waals surface area contributed by atoms with Crippen molar-refractivity contribution in [3.8, 4) is 0 Å². The van der Waals surface area contributed by atoms with E-state index in [1.807, 2.05) is 34.3 Å². The molecule has 0 bridgehead atoms. The Morgan fingerprint density at radius 3 is 3.00 bits per heavy atom. The van der Waals surface area contributed by atoms with E-state index in [2.05, 4.69) is 32.7 Å². The Morgan fingerprint density at radius 1 is 1.40 bits per heavy atom. The number of benzene rings is 1. The maximum atomic E-state index is 6.15. The first-order valence-corrected chi connectivity index (χ1v) is 9.56. The Bertz CT molecular complexity index is 880. The minimum absolute atomic E-state index is 0.180. The molecule has 25 heavy (non-hydrogen) atoms. The molecule has 1 aromatic carbocycles. The minimum atomic E-state index is 0.180. The molecule has 3 aromatic rings. The smallest absolute Gasteiger partial charge is 0.193 e. The number of guanidine groups is 1. The number of hydrogen-bond donors (Lipinski definition) is 2. The quantitative estimate of drug-likeness (QED) is 0.532. The van der Waals surface area contributed by atoms with E-state index >= 15 is 0 Å². The summed E-state index contributed by atoms with van der Waals surface area (Å²) >= 11 is 7.78. The van der Waals surface area contributed by atoms with Gasteiger partial charge in [0.1, 0.15) is 0 Å². The van der Waals surface area contributed by atoms with Crippen molar-refractivity contribution < 1.29 is 0 Å². The molecule has 2 heterocycles. The zero-order valence-corrected chi connectivity index (χ0v) is 15.6. The van der Waals surface area contributed by atoms with E-state index in [0.717, 1.165) is 28.2 Å². The largest absolute Gasteiger partial charge is 0.356 e. The van der Waals surface area contributed by atoms with Gasteiger partial charge in [0.15, 0.2) is 10.9 Å². The molecule has 5 nitrogen and oxygen atoms in total. The molecule has 7 heteroatoms. The van der Waals surface area contributed by atoms with Crippen molar-refractivity contribution >= 4 is 33.9 Å². The summed E-state index contributed by atoms with van der Waals surface area (Å²) in [5.41, 5.74) is 2.49. The van der Waals surface area contributed by atoms with Crippen molar-refractivity contribution in [1.82, 2.24) is 20.0 Å². The third-order valence-corrected chi connectivity index (χ3v) is 5.69. The summed E-state index contributed by atoms with van der Waals surface area (Å²) in [4.78, 5) is 9.91. The van der Waals surface area contributed by atoms with E-state index in [0.29, 0.717) is 6.54 Å². The zero-order chi connectivity index (χ0) is 17.3. The normalized spacial score (nSPS) is 16.2. The van der Waals surface area contributed by atoms with Crippen molar-refractivity contribution in [1.29, 1.82) is 0 Å². The van der Waals surface area contributed by atoms with Crippen LogP contribution in [0.5, 0.6) is 0 Å². The van der Waals surface area contributed by atoms with Gasteiger partial charge in [-0.1, -0.05) is 23.7 Å². The van der Waals surface area contributed by atoms with Gasteiger partial charge in [-0.15, -0.1) is 11.3 Å². The Labute approximate surface area is 155 Å². The van der Waals surface area contributed by atoms with Crippen LogP contribution >= 0.6 is 22.9 Å². The molecule has 1 fully saturated rings. The van der Waals surface area contributed by atoms with Gasteiger partial charge in [0, 0.05) is 41.8 Å². The molecule has 2 N–H and O–H groups in total. The predicted molar refractivity (Wildman–Crippen MR) is 104 cm³/mol. The highest BCUT2D eigenvalue weighted by Crippen LogP contribution is 2.48. The van der Waals surface area contributed by atoms with Gasteiger partial charge in [0.25, 0.3) is 0 Å². The van der Waals surface area contributed by atoms with Crippen LogP contribution in [0.15, 0.2) is 47.0 Å². The highest BCUT2D eigenvalue weighted by molar-refractivity contribution is 7.15. The first kappa shape index (κ1) is 16.4. The number of hydrogen-bond acceptors (Lipinski definition) is 3. The number of thiazole rings is 1. The van der Waals surface area contributed by atoms with E-state index in [1.54, 1.807) is 18.4 Å². The second kappa shape index (κ2) is 6.69. The van der Waals surface area contributed by atoms with Gasteiger partial charge in [0.2, 0.25) is 0 Å². The standard InChI is InChI=1S/C18H20ClN5S/c1-20-16(21-10-15-11-24-7-8-25-17(24)23-15)22-12-18(5-6-18)13-3-2-4-14(19)9-13/h2-4,7-9,11H,5-6,10,12H2,1H3,(H2,20,21,22). The lowest BCUT2D eigenvalue weighted by molar-refractivity contribution is 0.645. The molecule has 0 unspecified atom stereocenters. The fourth-order valence-electron chi connectivity index (χ4n) is 3.05. The lowest BCUT2D eigenvalue weighted by Gasteiger charge is -2.19. The van der Waals surface area contributed by atoms with Crippen molar-refractivity contribution in [3.63, 3.8) is 0 Å². The summed E-state index contributed by atoms with van der Waals surface area (Å²) in [7, 11) is 1.79. The van der Waals surface area contributed by atoms with Crippen LogP contribution < -0.4 is 10.6 Å². The number of fused-ring (bicyclic) bond motifs is 1. The average Bonchev–Trinajstić information content (AvgIpc) is 3.11. The van der Waals surface area contributed by atoms with Gasteiger partial charge < -0.3 is 10.6 Å². The Balaban J connectivity index is 1.35. The van der Waals surface area contributed by atoms with Crippen LogP contribution in [-0.4, -0.2) is 28.9 Å². The molecule has 0 atom stereocenters. The third kappa shape index (κ3) is 3.50. The fourth-order valence-corrected chi connectivity index (χ4v) is 3.96. The van der Waals surface area contributed by atoms with Crippen LogP contribution in [0.25, 0.3) is 4.96 Å². The lowest BCUT2D eigenvalue weighted by Crippen LogP contribution is -2.40. The molecule has 0 saturated heterocycles. The molecular formula is C18H20ClN5S. The zero-order valence-electron chi connectivity index (χ0n) is 14.0. The van der Waals surface area contributed by atoms with Gasteiger partial charge in [-0.05, 0) is 30.5 Å². The summed E-state index contributed by atoms with van der Waals surface area (Å²) in [6.07, 6.45) is 6.41. The molecule has 1 aliphatic rings. The first-order valence-electron chi connectivity index (χ1n) is 8.30. The van der Waals surface area contributed by atoms with Crippen molar-refractivity contribution in [2.75, 3.05) is 13.6 Å². The summed E-state index contributed by atoms with van der Waals surface area (Å²) in [5.74, 6) is 0.796. The number of aliphatic imine (C=N–C) groups is 1. The summed E-state index contributed by atoms with van der Waals surface area (Å²) in [6.45, 7) is 1.50. The Kier molecular flexibility index (Phi) is 4.39. The SMILES string of the molecule is CN=C(NCc1cn2ccsc2n1)NCC1(c2cccc(Cl)c2)CC1. The highest BCUT2D eigenvalue weighted by Gasteiger charge is 2.44. The van der Waals surface area contributed by atoms with E-state index in [4.69, 9.17) is 11.6 Å². The van der Waals surface area contributed by atoms with Crippen LogP contribution in [0, 0.1) is 0 Å². The highest BCUT2D eigenvalue weighted by atomic mass is 35.5. The summed E-state index contributed by atoms with van der Waals surface area (Å²) < 4.78 is 2.04. The average molecular weight is 374 g/mol. The van der Waals surface area contributed by atoms with Crippen LogP contribution in [0.4, 0.5) is 0 Å². The molecule has 130 valence electrons. The molecular weight excluding hydrogens is 354 g/mol. The van der Waals surface area contributed by atoms with Crippen LogP contribution in [0.3, 0.4) is 0 Å². The van der Waals surface area contributed by atoms with Crippen LogP contribution in [-0.2, 0) is 12.0 Å². The molecule has 0 spiro atoms. The van der Waals surface area contributed by atoms with E-state index in [9.17, 15) is 0 Å². The van der Waals surface area contributed by atoms with Gasteiger partial charge in [-0.3, -0.25) is 9.39 Å². The third-order valence-electron chi connectivity index (χ3n) is 4.69. The molecule has 2 aromatic heterocycles. The number of rotatable bonds is 5. The number of nitrogens with one attached hydrogen (secondary N) is 2. The summed E-state index contributed by atoms with van der Waals surface area (Å²) in [6, 6.07) is 8.18. The van der Waals surface area contributed by atoms with Gasteiger partial charge >= 0.3 is 0 Å². The van der Waals surface area contributed by atoms with Crippen molar-refractivity contribution in [2.24, 2.45) is 4.99 Å². The van der Waals surface area contributed by atoms with Gasteiger partial charge in [-0.2, -0.15) is 0 Å². The first-order chi connectivity index (χ1) is 12.2. The topological polar surface area (TPSA) is 53.7 Å². The lowest BCUT2D eigenvalue weighted by atomic mass is 9.96. The molecule has 0 radical (unpaired) electrons. The second-order valence-electron chi connectivity index (χ2n) is 6.40. The van der Waals surface area contributed by atoms with E-state index in [-0.39, 0.29) is 5.41 Å². The van der Waals surface area contributed by atoms with E-state index < -0.39 is 0 Å². The maximum Gasteiger partial charge on any atom is 0.193 e. The van der Waals surface area contributed by atoms with Crippen molar-refractivity contribution in [2.45, 2.75) is 24.8 Å². The second-order valence-corrected chi connectivity index (χ2v) is 7.70. The molecule has 1 aliphatic carbocycles. The number of nitrogens with zero attached hydrogens (tertiary/aromatic N) is 3. The fraction of sp³-hybridized carbons (Fsp3) is 0.333. The number of aromatic nitrogens is 2. The minimum Gasteiger partial charge on any atom is -0.356 e. The molecule has 0 aliphatic heterocycles. The predicted octanol–water partition coefficient (Wildman–Crippen LogP) is 3.45. The van der Waals surface area contributed by atoms with Crippen LogP contribution in [0.2, 0.25) is 5.02 Å². The van der Waals surface area contributed by atoms with Crippen LogP contribution in [0.1, 0.15) is 24.1 Å². The van der Waals surface area contributed by atoms with Gasteiger partial charge in [0.05, 0.1) is 12.2 Å². The monoisotopic (exact) mass is 373 g/mol. The maximum absolute atomic E-state index is 6.15. The Hall–Kier alpha value is -2.05. The van der Waals surface area contributed by atoms with E-state index in [1.165, 1.54) is 18.4 Å². The number of imidazole rings is 1. The Morgan fingerprint density at radius 2 is 2.28 bits per heavy atom. The van der Waals surface area contributed by atoms with Gasteiger partial charge in [-0.25, -0.2) is 4.98 Å². The molecule has 1 saturated carbocycles.